The van der Waals surface area contributed by atoms with Gasteiger partial charge < -0.3 is 9.88 Å². The Morgan fingerprint density at radius 3 is 2.71 bits per heavy atom. The molecule has 0 aliphatic carbocycles. The van der Waals surface area contributed by atoms with Gasteiger partial charge in [0.2, 0.25) is 0 Å². The fourth-order valence-electron chi connectivity index (χ4n) is 1.71. The number of hydrogen-bond acceptors (Lipinski definition) is 4. The van der Waals surface area contributed by atoms with Gasteiger partial charge in [-0.05, 0) is 19.4 Å². The summed E-state index contributed by atoms with van der Waals surface area (Å²) in [6, 6.07) is 0.0529. The molecular weight excluding hydrogens is 238 g/mol. The minimum atomic E-state index is -2.92. The lowest BCUT2D eigenvalue weighted by Gasteiger charge is -2.18. The molecule has 0 aliphatic heterocycles. The van der Waals surface area contributed by atoms with Crippen molar-refractivity contribution in [3.05, 3.63) is 18.2 Å². The normalized spacial score (nSPS) is 13.8. The van der Waals surface area contributed by atoms with Crippen molar-refractivity contribution in [3.8, 4) is 0 Å². The van der Waals surface area contributed by atoms with Gasteiger partial charge in [0.25, 0.3) is 0 Å². The third-order valence-electron chi connectivity index (χ3n) is 2.63. The average Bonchev–Trinajstić information content (AvgIpc) is 2.63. The van der Waals surface area contributed by atoms with E-state index in [0.29, 0.717) is 6.42 Å². The lowest BCUT2D eigenvalue weighted by Crippen LogP contribution is -2.26. The summed E-state index contributed by atoms with van der Waals surface area (Å²) in [5.74, 6) is 0.194. The molecule has 1 N–H and O–H groups in total. The van der Waals surface area contributed by atoms with Crippen LogP contribution in [0.2, 0.25) is 0 Å². The number of sulfone groups is 1. The number of aromatic nitrogens is 2. The quantitative estimate of drug-likeness (QED) is 0.790. The summed E-state index contributed by atoms with van der Waals surface area (Å²) in [5.41, 5.74) is 1.03. The van der Waals surface area contributed by atoms with Gasteiger partial charge in [0.15, 0.2) is 0 Å². The van der Waals surface area contributed by atoms with Crippen LogP contribution < -0.4 is 5.32 Å². The highest BCUT2D eigenvalue weighted by Gasteiger charge is 2.16. The van der Waals surface area contributed by atoms with E-state index in [1.807, 2.05) is 11.6 Å². The number of nitrogens with zero attached hydrogens (tertiary/aromatic N) is 2. The summed E-state index contributed by atoms with van der Waals surface area (Å²) in [5, 5.41) is 3.36. The van der Waals surface area contributed by atoms with E-state index in [0.717, 1.165) is 18.7 Å². The van der Waals surface area contributed by atoms with Gasteiger partial charge in [0, 0.05) is 19.5 Å². The zero-order valence-electron chi connectivity index (χ0n) is 10.7. The fourth-order valence-corrected chi connectivity index (χ4v) is 2.37. The minimum Gasteiger partial charge on any atom is -0.336 e. The van der Waals surface area contributed by atoms with Crippen LogP contribution in [-0.2, 0) is 16.9 Å². The second kappa shape index (κ2) is 6.16. The van der Waals surface area contributed by atoms with Gasteiger partial charge in [-0.2, -0.15) is 0 Å². The summed E-state index contributed by atoms with van der Waals surface area (Å²) >= 11 is 0. The topological polar surface area (TPSA) is 64.0 Å². The van der Waals surface area contributed by atoms with Crippen molar-refractivity contribution in [1.29, 1.82) is 0 Å². The fraction of sp³-hybridized carbons (Fsp3) is 0.727. The molecule has 0 bridgehead atoms. The number of nitrogens with one attached hydrogen (secondary N) is 1. The van der Waals surface area contributed by atoms with Crippen molar-refractivity contribution >= 4 is 9.84 Å². The highest BCUT2D eigenvalue weighted by atomic mass is 32.2. The Morgan fingerprint density at radius 1 is 1.53 bits per heavy atom. The monoisotopic (exact) mass is 259 g/mol. The molecule has 5 nitrogen and oxygen atoms in total. The summed E-state index contributed by atoms with van der Waals surface area (Å²) < 4.78 is 24.4. The molecular formula is C11H21N3O2S. The van der Waals surface area contributed by atoms with E-state index in [1.165, 1.54) is 6.26 Å². The molecule has 1 rings (SSSR count). The zero-order valence-corrected chi connectivity index (χ0v) is 11.5. The maximum Gasteiger partial charge on any atom is 0.147 e. The van der Waals surface area contributed by atoms with Gasteiger partial charge >= 0.3 is 0 Å². The van der Waals surface area contributed by atoms with E-state index in [2.05, 4.69) is 17.2 Å². The summed E-state index contributed by atoms with van der Waals surface area (Å²) in [7, 11) is -0.998. The molecule has 0 saturated heterocycles. The second-order valence-corrected chi connectivity index (χ2v) is 6.61. The van der Waals surface area contributed by atoms with Crippen LogP contribution in [0.3, 0.4) is 0 Å². The van der Waals surface area contributed by atoms with Crippen LogP contribution in [0.5, 0.6) is 0 Å². The largest absolute Gasteiger partial charge is 0.336 e. The molecule has 1 heterocycles. The molecule has 1 atom stereocenters. The number of imidazole rings is 1. The van der Waals surface area contributed by atoms with E-state index in [-0.39, 0.29) is 11.8 Å². The molecule has 0 radical (unpaired) electrons. The first-order chi connectivity index (χ1) is 7.94. The minimum absolute atomic E-state index is 0.0529. The molecule has 6 heteroatoms. The van der Waals surface area contributed by atoms with E-state index in [9.17, 15) is 8.42 Å². The lowest BCUT2D eigenvalue weighted by molar-refractivity contribution is 0.491. The van der Waals surface area contributed by atoms with Gasteiger partial charge in [-0.1, -0.05) is 6.92 Å². The first-order valence-corrected chi connectivity index (χ1v) is 7.87. The number of hydrogen-bond donors (Lipinski definition) is 1. The van der Waals surface area contributed by atoms with Crippen LogP contribution in [-0.4, -0.2) is 36.5 Å². The van der Waals surface area contributed by atoms with Gasteiger partial charge in [0.05, 0.1) is 23.8 Å². The first-order valence-electron chi connectivity index (χ1n) is 5.81. The Hall–Kier alpha value is -0.880. The van der Waals surface area contributed by atoms with E-state index < -0.39 is 9.84 Å². The highest BCUT2D eigenvalue weighted by molar-refractivity contribution is 7.90. The van der Waals surface area contributed by atoms with Crippen molar-refractivity contribution in [2.45, 2.75) is 25.8 Å². The van der Waals surface area contributed by atoms with Crippen molar-refractivity contribution in [2.75, 3.05) is 18.6 Å². The molecule has 1 aromatic heterocycles. The average molecular weight is 259 g/mol. The van der Waals surface area contributed by atoms with Crippen LogP contribution in [0.15, 0.2) is 12.5 Å². The van der Waals surface area contributed by atoms with Crippen LogP contribution in [0.25, 0.3) is 0 Å². The number of rotatable bonds is 7. The third-order valence-corrected chi connectivity index (χ3v) is 3.61. The highest BCUT2D eigenvalue weighted by Crippen LogP contribution is 2.16. The van der Waals surface area contributed by atoms with Gasteiger partial charge in [-0.3, -0.25) is 0 Å². The smallest absolute Gasteiger partial charge is 0.147 e. The number of aryl methyl sites for hydroxylation is 1. The SMILES string of the molecule is CCCNC(CCS(C)(=O)=O)c1cncn1C. The van der Waals surface area contributed by atoms with Crippen molar-refractivity contribution in [2.24, 2.45) is 7.05 Å². The maximum absolute atomic E-state index is 11.2. The van der Waals surface area contributed by atoms with Crippen LogP contribution in [0.4, 0.5) is 0 Å². The van der Waals surface area contributed by atoms with E-state index in [4.69, 9.17) is 0 Å². The zero-order chi connectivity index (χ0) is 12.9. The van der Waals surface area contributed by atoms with Crippen LogP contribution in [0.1, 0.15) is 31.5 Å². The van der Waals surface area contributed by atoms with Crippen LogP contribution in [0, 0.1) is 0 Å². The predicted octanol–water partition coefficient (Wildman–Crippen LogP) is 0.895. The third kappa shape index (κ3) is 4.87. The molecule has 1 unspecified atom stereocenters. The Kier molecular flexibility index (Phi) is 5.14. The molecule has 98 valence electrons. The standard InChI is InChI=1S/C11H21N3O2S/c1-4-6-13-10(5-7-17(3,15)16)11-8-12-9-14(11)2/h8-10,13H,4-7H2,1-3H3. The molecule has 0 fully saturated rings. The van der Waals surface area contributed by atoms with Crippen molar-refractivity contribution < 1.29 is 8.42 Å². The molecule has 0 aromatic carbocycles. The molecule has 1 aromatic rings. The second-order valence-electron chi connectivity index (χ2n) is 4.35. The Bertz CT molecular complexity index is 439. The Morgan fingerprint density at radius 2 is 2.24 bits per heavy atom. The Balaban J connectivity index is 2.71. The molecule has 0 spiro atoms. The van der Waals surface area contributed by atoms with Crippen molar-refractivity contribution in [1.82, 2.24) is 14.9 Å². The summed E-state index contributed by atoms with van der Waals surface area (Å²) in [4.78, 5) is 4.07. The maximum atomic E-state index is 11.2. The lowest BCUT2D eigenvalue weighted by atomic mass is 10.1. The van der Waals surface area contributed by atoms with E-state index >= 15 is 0 Å². The van der Waals surface area contributed by atoms with Crippen LogP contribution >= 0.6 is 0 Å². The first kappa shape index (κ1) is 14.2. The van der Waals surface area contributed by atoms with Gasteiger partial charge in [0.1, 0.15) is 9.84 Å². The van der Waals surface area contributed by atoms with Crippen molar-refractivity contribution in [3.63, 3.8) is 0 Å². The van der Waals surface area contributed by atoms with Gasteiger partial charge in [-0.25, -0.2) is 13.4 Å². The molecule has 0 amide bonds. The molecule has 17 heavy (non-hydrogen) atoms. The summed E-state index contributed by atoms with van der Waals surface area (Å²) in [6.07, 6.45) is 6.39. The molecule has 0 aliphatic rings. The molecule has 0 saturated carbocycles. The predicted molar refractivity (Wildman–Crippen MR) is 68.6 cm³/mol. The Labute approximate surface area is 103 Å². The summed E-state index contributed by atoms with van der Waals surface area (Å²) in [6.45, 7) is 2.96. The van der Waals surface area contributed by atoms with E-state index in [1.54, 1.807) is 12.5 Å². The van der Waals surface area contributed by atoms with Gasteiger partial charge in [-0.15, -0.1) is 0 Å².